The highest BCUT2D eigenvalue weighted by Gasteiger charge is 2.61. The van der Waals surface area contributed by atoms with Crippen molar-refractivity contribution in [3.63, 3.8) is 0 Å². The Morgan fingerprint density at radius 2 is 1.95 bits per heavy atom. The summed E-state index contributed by atoms with van der Waals surface area (Å²) < 4.78 is 5.01. The van der Waals surface area contributed by atoms with Gasteiger partial charge in [0.15, 0.2) is 17.3 Å². The van der Waals surface area contributed by atoms with E-state index in [2.05, 4.69) is 0 Å². The number of hydrogen-bond acceptors (Lipinski definition) is 6. The molecule has 1 aromatic carbocycles. The van der Waals surface area contributed by atoms with Crippen molar-refractivity contribution in [1.29, 1.82) is 0 Å². The summed E-state index contributed by atoms with van der Waals surface area (Å²) in [6.45, 7) is 1.53. The number of phenolic OH excluding ortho intramolecular Hbond substituents is 2. The second kappa shape index (κ2) is 4.46. The molecule has 0 saturated heterocycles. The lowest BCUT2D eigenvalue weighted by molar-refractivity contribution is -0.142. The topological polar surface area (TPSA) is 104 Å². The summed E-state index contributed by atoms with van der Waals surface area (Å²) in [5.41, 5.74) is -3.11. The lowest BCUT2D eigenvalue weighted by Crippen LogP contribution is -2.61. The summed E-state index contributed by atoms with van der Waals surface area (Å²) in [4.78, 5) is 25.0. The smallest absolute Gasteiger partial charge is 0.169 e. The molecule has 6 heteroatoms. The Balaban J connectivity index is 2.41. The first-order chi connectivity index (χ1) is 10.3. The van der Waals surface area contributed by atoms with E-state index in [-0.39, 0.29) is 53.4 Å². The van der Waals surface area contributed by atoms with Crippen LogP contribution in [0.5, 0.6) is 17.2 Å². The molecule has 2 atom stereocenters. The Bertz CT molecular complexity index is 694. The number of aromatic hydroxyl groups is 2. The number of rotatable bonds is 1. The van der Waals surface area contributed by atoms with E-state index in [9.17, 15) is 24.9 Å². The van der Waals surface area contributed by atoms with Gasteiger partial charge in [0.05, 0.1) is 23.7 Å². The molecule has 1 saturated carbocycles. The van der Waals surface area contributed by atoms with Crippen LogP contribution in [0.3, 0.4) is 0 Å². The number of methoxy groups -OCH3 is 1. The maximum atomic E-state index is 12.6. The van der Waals surface area contributed by atoms with Gasteiger partial charge in [0.1, 0.15) is 11.5 Å². The van der Waals surface area contributed by atoms with Gasteiger partial charge >= 0.3 is 0 Å². The largest absolute Gasteiger partial charge is 0.507 e. The minimum absolute atomic E-state index is 0.0206. The Kier molecular flexibility index (Phi) is 3.01. The van der Waals surface area contributed by atoms with E-state index in [1.54, 1.807) is 0 Å². The SMILES string of the molecule is COc1cc(O)c2c(c1O)[C@@]1(C)C(=O)CCC[C@]1(O)CC2=O. The summed E-state index contributed by atoms with van der Waals surface area (Å²) in [7, 11) is 1.31. The molecular weight excluding hydrogens is 288 g/mol. The molecule has 1 aromatic rings. The van der Waals surface area contributed by atoms with E-state index < -0.39 is 16.8 Å². The summed E-state index contributed by atoms with van der Waals surface area (Å²) >= 11 is 0. The average Bonchev–Trinajstić information content (AvgIpc) is 2.45. The molecule has 2 aliphatic carbocycles. The van der Waals surface area contributed by atoms with E-state index in [4.69, 9.17) is 4.74 Å². The monoisotopic (exact) mass is 306 g/mol. The Morgan fingerprint density at radius 1 is 1.27 bits per heavy atom. The van der Waals surface area contributed by atoms with Crippen LogP contribution in [0.2, 0.25) is 0 Å². The van der Waals surface area contributed by atoms with Crippen LogP contribution >= 0.6 is 0 Å². The summed E-state index contributed by atoms with van der Waals surface area (Å²) in [5.74, 6) is -1.50. The fraction of sp³-hybridized carbons (Fsp3) is 0.500. The van der Waals surface area contributed by atoms with Crippen LogP contribution in [0.4, 0.5) is 0 Å². The third kappa shape index (κ3) is 1.58. The highest BCUT2D eigenvalue weighted by atomic mass is 16.5. The number of carbonyl (C=O) groups excluding carboxylic acids is 2. The molecule has 6 nitrogen and oxygen atoms in total. The van der Waals surface area contributed by atoms with Crippen molar-refractivity contribution in [3.8, 4) is 17.2 Å². The molecule has 118 valence electrons. The number of Topliss-reactive ketones (excluding diaryl/α,β-unsaturated/α-hetero) is 2. The lowest BCUT2D eigenvalue weighted by atomic mass is 9.54. The van der Waals surface area contributed by atoms with Crippen LogP contribution < -0.4 is 4.74 Å². The van der Waals surface area contributed by atoms with Crippen LogP contribution in [0.25, 0.3) is 0 Å². The summed E-state index contributed by atoms with van der Waals surface area (Å²) in [5, 5.41) is 31.5. The normalized spacial score (nSPS) is 30.7. The number of carbonyl (C=O) groups is 2. The number of ketones is 2. The second-order valence-electron chi connectivity index (χ2n) is 6.23. The Hall–Kier alpha value is -2.08. The quantitative estimate of drug-likeness (QED) is 0.678. The van der Waals surface area contributed by atoms with Crippen molar-refractivity contribution < 1.29 is 29.6 Å². The first-order valence-corrected chi connectivity index (χ1v) is 7.18. The zero-order chi connectivity index (χ0) is 16.3. The van der Waals surface area contributed by atoms with Gasteiger partial charge in [0.2, 0.25) is 0 Å². The molecule has 0 amide bonds. The van der Waals surface area contributed by atoms with Crippen molar-refractivity contribution in [1.82, 2.24) is 0 Å². The molecule has 0 spiro atoms. The highest BCUT2D eigenvalue weighted by Crippen LogP contribution is 2.56. The van der Waals surface area contributed by atoms with Crippen LogP contribution in [0.15, 0.2) is 6.07 Å². The van der Waals surface area contributed by atoms with Crippen LogP contribution in [-0.4, -0.2) is 39.6 Å². The zero-order valence-corrected chi connectivity index (χ0v) is 12.5. The van der Waals surface area contributed by atoms with Gasteiger partial charge in [-0.2, -0.15) is 0 Å². The number of aliphatic hydroxyl groups is 1. The molecule has 0 aliphatic heterocycles. The zero-order valence-electron chi connectivity index (χ0n) is 12.5. The molecule has 22 heavy (non-hydrogen) atoms. The molecule has 0 bridgehead atoms. The number of phenols is 2. The van der Waals surface area contributed by atoms with Gasteiger partial charge in [-0.05, 0) is 19.8 Å². The van der Waals surface area contributed by atoms with Crippen LogP contribution in [0.1, 0.15) is 48.5 Å². The molecule has 0 unspecified atom stereocenters. The number of ether oxygens (including phenoxy) is 1. The van der Waals surface area contributed by atoms with Crippen molar-refractivity contribution in [3.05, 3.63) is 17.2 Å². The van der Waals surface area contributed by atoms with E-state index in [1.165, 1.54) is 14.0 Å². The summed E-state index contributed by atoms with van der Waals surface area (Å²) in [6.07, 6.45) is 0.785. The first kappa shape index (κ1) is 14.8. The van der Waals surface area contributed by atoms with E-state index in [1.807, 2.05) is 0 Å². The van der Waals surface area contributed by atoms with Gasteiger partial charge < -0.3 is 20.1 Å². The van der Waals surface area contributed by atoms with Crippen LogP contribution in [-0.2, 0) is 10.2 Å². The highest BCUT2D eigenvalue weighted by molar-refractivity contribution is 6.08. The van der Waals surface area contributed by atoms with E-state index in [0.29, 0.717) is 6.42 Å². The van der Waals surface area contributed by atoms with Crippen molar-refractivity contribution in [2.45, 2.75) is 43.6 Å². The number of fused-ring (bicyclic) bond motifs is 3. The van der Waals surface area contributed by atoms with Crippen molar-refractivity contribution >= 4 is 11.6 Å². The molecule has 3 rings (SSSR count). The summed E-state index contributed by atoms with van der Waals surface area (Å²) in [6, 6.07) is 1.15. The van der Waals surface area contributed by atoms with Crippen LogP contribution in [0, 0.1) is 0 Å². The van der Waals surface area contributed by atoms with Gasteiger partial charge in [0.25, 0.3) is 0 Å². The maximum Gasteiger partial charge on any atom is 0.169 e. The van der Waals surface area contributed by atoms with Gasteiger partial charge in [-0.1, -0.05) is 0 Å². The minimum Gasteiger partial charge on any atom is -0.507 e. The van der Waals surface area contributed by atoms with Gasteiger partial charge in [-0.3, -0.25) is 9.59 Å². The molecule has 1 fully saturated rings. The first-order valence-electron chi connectivity index (χ1n) is 7.18. The average molecular weight is 306 g/mol. The Morgan fingerprint density at radius 3 is 2.59 bits per heavy atom. The van der Waals surface area contributed by atoms with Crippen molar-refractivity contribution in [2.75, 3.05) is 7.11 Å². The maximum absolute atomic E-state index is 12.6. The predicted octanol–water partition coefficient (Wildman–Crippen LogP) is 1.43. The molecule has 0 aromatic heterocycles. The lowest BCUT2D eigenvalue weighted by Gasteiger charge is -2.50. The standard InChI is InChI=1S/C16H18O6/c1-15-11(19)4-3-5-16(15,21)7-9(18)12-8(17)6-10(22-2)14(20)13(12)15/h6,17,20-21H,3-5,7H2,1-2H3/t15-,16+/m1/s1. The molecule has 3 N–H and O–H groups in total. The Labute approximate surface area is 127 Å². The van der Waals surface area contributed by atoms with Gasteiger partial charge in [-0.15, -0.1) is 0 Å². The van der Waals surface area contributed by atoms with Crippen molar-refractivity contribution in [2.24, 2.45) is 0 Å². The third-order valence-electron chi connectivity index (χ3n) is 5.18. The molecular formula is C16H18O6. The minimum atomic E-state index is -1.55. The third-order valence-corrected chi connectivity index (χ3v) is 5.18. The fourth-order valence-corrected chi connectivity index (χ4v) is 3.85. The molecule has 2 aliphatic rings. The second-order valence-corrected chi connectivity index (χ2v) is 6.23. The molecule has 0 radical (unpaired) electrons. The fourth-order valence-electron chi connectivity index (χ4n) is 3.85. The molecule has 0 heterocycles. The van der Waals surface area contributed by atoms with Gasteiger partial charge in [-0.25, -0.2) is 0 Å². The number of hydrogen-bond donors (Lipinski definition) is 3. The van der Waals surface area contributed by atoms with E-state index in [0.717, 1.165) is 6.07 Å². The number of benzene rings is 1. The predicted molar refractivity (Wildman–Crippen MR) is 76.4 cm³/mol. The van der Waals surface area contributed by atoms with E-state index >= 15 is 0 Å². The van der Waals surface area contributed by atoms with Gasteiger partial charge in [0, 0.05) is 24.5 Å².